The van der Waals surface area contributed by atoms with Crippen LogP contribution in [0.25, 0.3) is 0 Å². The van der Waals surface area contributed by atoms with Crippen LogP contribution in [-0.2, 0) is 21.3 Å². The molecule has 0 bridgehead atoms. The molecule has 0 amide bonds. The number of sulfonamides is 1. The summed E-state index contributed by atoms with van der Waals surface area (Å²) in [6, 6.07) is 0. The van der Waals surface area contributed by atoms with E-state index in [-0.39, 0.29) is 5.03 Å². The van der Waals surface area contributed by atoms with Gasteiger partial charge in [0.1, 0.15) is 5.82 Å². The number of aryl methyl sites for hydroxylation is 1. The fourth-order valence-corrected chi connectivity index (χ4v) is 2.47. The van der Waals surface area contributed by atoms with Crippen molar-refractivity contribution in [3.63, 3.8) is 0 Å². The Morgan fingerprint density at radius 2 is 2.26 bits per heavy atom. The lowest BCUT2D eigenvalue weighted by molar-refractivity contribution is 0.183. The fraction of sp³-hybridized carbons (Fsp3) is 0.400. The predicted molar refractivity (Wildman–Crippen MR) is 68.2 cm³/mol. The van der Waals surface area contributed by atoms with Crippen LogP contribution in [0.4, 0.5) is 5.69 Å². The molecule has 0 spiro atoms. The quantitative estimate of drug-likeness (QED) is 0.798. The minimum atomic E-state index is -3.65. The molecule has 19 heavy (non-hydrogen) atoms. The summed E-state index contributed by atoms with van der Waals surface area (Å²) in [5.41, 5.74) is 0.392. The zero-order valence-electron chi connectivity index (χ0n) is 10.6. The molecule has 9 heteroatoms. The summed E-state index contributed by atoms with van der Waals surface area (Å²) in [5, 5.41) is 4.04. The molecule has 0 fully saturated rings. The molecule has 0 saturated carbocycles. The molecule has 0 unspecified atom stereocenters. The van der Waals surface area contributed by atoms with E-state index in [4.69, 9.17) is 4.74 Å². The number of ether oxygens (including phenoxy) is 1. The first kappa shape index (κ1) is 13.6. The summed E-state index contributed by atoms with van der Waals surface area (Å²) in [5.74, 6) is 0.538. The van der Waals surface area contributed by atoms with Gasteiger partial charge in [0.2, 0.25) is 0 Å². The van der Waals surface area contributed by atoms with Gasteiger partial charge in [0, 0.05) is 13.3 Å². The zero-order chi connectivity index (χ0) is 13.9. The second kappa shape index (κ2) is 5.41. The van der Waals surface area contributed by atoms with Gasteiger partial charge in [-0.2, -0.15) is 13.5 Å². The molecule has 0 aromatic carbocycles. The van der Waals surface area contributed by atoms with Gasteiger partial charge in [-0.25, -0.2) is 4.98 Å². The van der Waals surface area contributed by atoms with E-state index in [1.165, 1.54) is 12.4 Å². The largest absolute Gasteiger partial charge is 0.383 e. The molecule has 2 rings (SSSR count). The summed E-state index contributed by atoms with van der Waals surface area (Å²) in [7, 11) is -2.06. The molecule has 0 aliphatic carbocycles. The van der Waals surface area contributed by atoms with Crippen LogP contribution in [0.15, 0.2) is 23.6 Å². The van der Waals surface area contributed by atoms with Crippen LogP contribution in [0.2, 0.25) is 0 Å². The number of hydrogen-bond acceptors (Lipinski definition) is 5. The third-order valence-electron chi connectivity index (χ3n) is 2.38. The molecule has 0 aliphatic heterocycles. The third kappa shape index (κ3) is 3.32. The van der Waals surface area contributed by atoms with E-state index in [2.05, 4.69) is 19.8 Å². The minimum Gasteiger partial charge on any atom is -0.383 e. The molecule has 104 valence electrons. The predicted octanol–water partition coefficient (Wildman–Crippen LogP) is 0.362. The van der Waals surface area contributed by atoms with Crippen molar-refractivity contribution in [1.29, 1.82) is 0 Å². The van der Waals surface area contributed by atoms with Crippen molar-refractivity contribution >= 4 is 15.7 Å². The van der Waals surface area contributed by atoms with Gasteiger partial charge in [-0.05, 0) is 6.92 Å². The van der Waals surface area contributed by atoms with Crippen LogP contribution in [0.3, 0.4) is 0 Å². The van der Waals surface area contributed by atoms with Crippen molar-refractivity contribution in [2.45, 2.75) is 18.5 Å². The van der Waals surface area contributed by atoms with Gasteiger partial charge >= 0.3 is 0 Å². The molecule has 2 heterocycles. The van der Waals surface area contributed by atoms with Crippen LogP contribution in [0.1, 0.15) is 5.82 Å². The lowest BCUT2D eigenvalue weighted by atomic mass is 10.6. The molecule has 0 saturated heterocycles. The molecule has 2 aromatic rings. The van der Waals surface area contributed by atoms with Crippen LogP contribution < -0.4 is 4.72 Å². The van der Waals surface area contributed by atoms with Crippen molar-refractivity contribution < 1.29 is 13.2 Å². The van der Waals surface area contributed by atoms with Gasteiger partial charge in [-0.3, -0.25) is 9.40 Å². The van der Waals surface area contributed by atoms with Crippen LogP contribution in [-0.4, -0.2) is 41.9 Å². The van der Waals surface area contributed by atoms with Crippen molar-refractivity contribution in [2.24, 2.45) is 0 Å². The van der Waals surface area contributed by atoms with E-state index in [0.29, 0.717) is 24.7 Å². The van der Waals surface area contributed by atoms with Gasteiger partial charge in [0.15, 0.2) is 5.03 Å². The van der Waals surface area contributed by atoms with Gasteiger partial charge in [0.25, 0.3) is 10.0 Å². The molecule has 2 aromatic heterocycles. The first-order valence-electron chi connectivity index (χ1n) is 5.57. The number of nitrogens with one attached hydrogen (secondary N) is 2. The molecular formula is C10H15N5O3S. The topological polar surface area (TPSA) is 102 Å². The molecule has 0 atom stereocenters. The fourth-order valence-electron chi connectivity index (χ4n) is 1.47. The van der Waals surface area contributed by atoms with Gasteiger partial charge in [0.05, 0.1) is 31.2 Å². The van der Waals surface area contributed by atoms with Crippen LogP contribution >= 0.6 is 0 Å². The number of imidazole rings is 1. The summed E-state index contributed by atoms with van der Waals surface area (Å²) in [6.07, 6.45) is 4.31. The number of anilines is 1. The van der Waals surface area contributed by atoms with Gasteiger partial charge in [-0.15, -0.1) is 0 Å². The highest BCUT2D eigenvalue weighted by atomic mass is 32.2. The number of nitrogens with zero attached hydrogens (tertiary/aromatic N) is 3. The Morgan fingerprint density at radius 3 is 2.89 bits per heavy atom. The highest BCUT2D eigenvalue weighted by Gasteiger charge is 2.17. The summed E-state index contributed by atoms with van der Waals surface area (Å²) in [6.45, 7) is 2.75. The third-order valence-corrected chi connectivity index (χ3v) is 3.67. The normalized spacial score (nSPS) is 11.7. The Kier molecular flexibility index (Phi) is 3.86. The molecule has 2 N–H and O–H groups in total. The molecule has 0 aliphatic rings. The van der Waals surface area contributed by atoms with Gasteiger partial charge in [-0.1, -0.05) is 0 Å². The number of aromatic amines is 1. The number of aromatic nitrogens is 4. The lowest BCUT2D eigenvalue weighted by Gasteiger charge is -2.02. The average Bonchev–Trinajstić information content (AvgIpc) is 2.95. The smallest absolute Gasteiger partial charge is 0.279 e. The SMILES string of the molecule is COCCn1cc(NS(=O)(=O)c2cnc(C)[nH]2)cn1. The van der Waals surface area contributed by atoms with Crippen molar-refractivity contribution in [2.75, 3.05) is 18.4 Å². The number of rotatable bonds is 6. The zero-order valence-corrected chi connectivity index (χ0v) is 11.4. The minimum absolute atomic E-state index is 0.0228. The second-order valence-electron chi connectivity index (χ2n) is 3.92. The van der Waals surface area contributed by atoms with E-state index in [1.807, 2.05) is 0 Å². The number of methoxy groups -OCH3 is 1. The maximum atomic E-state index is 12.0. The van der Waals surface area contributed by atoms with Crippen molar-refractivity contribution in [1.82, 2.24) is 19.7 Å². The lowest BCUT2D eigenvalue weighted by Crippen LogP contribution is -2.13. The summed E-state index contributed by atoms with van der Waals surface area (Å²) >= 11 is 0. The average molecular weight is 285 g/mol. The number of H-pyrrole nitrogens is 1. The van der Waals surface area contributed by atoms with Crippen LogP contribution in [0.5, 0.6) is 0 Å². The van der Waals surface area contributed by atoms with E-state index >= 15 is 0 Å². The summed E-state index contributed by atoms with van der Waals surface area (Å²) < 4.78 is 32.9. The summed E-state index contributed by atoms with van der Waals surface area (Å²) in [4.78, 5) is 6.53. The second-order valence-corrected chi connectivity index (χ2v) is 5.57. The Balaban J connectivity index is 2.10. The maximum absolute atomic E-state index is 12.0. The highest BCUT2D eigenvalue weighted by molar-refractivity contribution is 7.92. The monoisotopic (exact) mass is 285 g/mol. The Labute approximate surface area is 110 Å². The van der Waals surface area contributed by atoms with E-state index in [0.717, 1.165) is 0 Å². The molecule has 8 nitrogen and oxygen atoms in total. The first-order chi connectivity index (χ1) is 9.01. The van der Waals surface area contributed by atoms with Crippen molar-refractivity contribution in [3.8, 4) is 0 Å². The maximum Gasteiger partial charge on any atom is 0.279 e. The van der Waals surface area contributed by atoms with Crippen LogP contribution in [0, 0.1) is 6.92 Å². The highest BCUT2D eigenvalue weighted by Crippen LogP contribution is 2.13. The Bertz CT molecular complexity index is 646. The first-order valence-corrected chi connectivity index (χ1v) is 7.05. The molecule has 0 radical (unpaired) electrons. The van der Waals surface area contributed by atoms with E-state index in [1.54, 1.807) is 24.9 Å². The molecular weight excluding hydrogens is 270 g/mol. The van der Waals surface area contributed by atoms with E-state index < -0.39 is 10.0 Å². The van der Waals surface area contributed by atoms with Gasteiger partial charge < -0.3 is 9.72 Å². The Morgan fingerprint density at radius 1 is 1.47 bits per heavy atom. The number of hydrogen-bond donors (Lipinski definition) is 2. The van der Waals surface area contributed by atoms with Crippen molar-refractivity contribution in [3.05, 3.63) is 24.4 Å². The van der Waals surface area contributed by atoms with E-state index in [9.17, 15) is 8.42 Å². The Hall–Kier alpha value is -1.87. The standard InChI is InChI=1S/C10H15N5O3S/c1-8-11-6-10(13-8)19(16,17)14-9-5-12-15(7-9)3-4-18-2/h5-7,14H,3-4H2,1-2H3,(H,11,13).